The van der Waals surface area contributed by atoms with Gasteiger partial charge in [-0.3, -0.25) is 14.5 Å². The van der Waals surface area contributed by atoms with Crippen LogP contribution in [0.25, 0.3) is 0 Å². The largest absolute Gasteiger partial charge is 0.467 e. The quantitative estimate of drug-likeness (QED) is 0.798. The van der Waals surface area contributed by atoms with Crippen LogP contribution in [-0.4, -0.2) is 34.1 Å². The maximum absolute atomic E-state index is 12.2. The summed E-state index contributed by atoms with van der Waals surface area (Å²) in [5.74, 6) is 1.02. The Labute approximate surface area is 150 Å². The number of anilines is 1. The van der Waals surface area contributed by atoms with Crippen molar-refractivity contribution in [2.24, 2.45) is 4.99 Å². The van der Waals surface area contributed by atoms with Crippen LogP contribution < -0.4 is 5.32 Å². The van der Waals surface area contributed by atoms with Gasteiger partial charge in [0, 0.05) is 12.1 Å². The van der Waals surface area contributed by atoms with Gasteiger partial charge in [-0.05, 0) is 44.2 Å². The first-order chi connectivity index (χ1) is 12.1. The minimum absolute atomic E-state index is 0.00660. The number of Topliss-reactive ketones (excluding diaryl/α,β-unsaturated/α-hetero) is 1. The third kappa shape index (κ3) is 3.93. The smallest absolute Gasteiger partial charge is 0.239 e. The Morgan fingerprint density at radius 3 is 2.92 bits per heavy atom. The van der Waals surface area contributed by atoms with Gasteiger partial charge >= 0.3 is 0 Å². The number of carbonyl (C=O) groups excluding carboxylic acids is 2. The van der Waals surface area contributed by atoms with Crippen molar-refractivity contribution < 1.29 is 14.0 Å². The van der Waals surface area contributed by atoms with Gasteiger partial charge in [0.1, 0.15) is 5.76 Å². The first kappa shape index (κ1) is 17.3. The monoisotopic (exact) mass is 357 g/mol. The zero-order valence-electron chi connectivity index (χ0n) is 14.1. The molecule has 2 heterocycles. The molecule has 0 saturated carbocycles. The summed E-state index contributed by atoms with van der Waals surface area (Å²) in [7, 11) is 0. The molecule has 2 aromatic rings. The minimum atomic E-state index is -0.0212. The van der Waals surface area contributed by atoms with Crippen LogP contribution in [0.5, 0.6) is 0 Å². The number of aliphatic imine (C=N–C) groups is 1. The molecule has 0 aliphatic carbocycles. The van der Waals surface area contributed by atoms with Crippen molar-refractivity contribution in [1.29, 1.82) is 0 Å². The predicted octanol–water partition coefficient (Wildman–Crippen LogP) is 3.68. The average molecular weight is 357 g/mol. The fraction of sp³-hybridized carbons (Fsp3) is 0.278. The Morgan fingerprint density at radius 1 is 1.40 bits per heavy atom. The molecule has 1 saturated heterocycles. The number of amides is 1. The van der Waals surface area contributed by atoms with Gasteiger partial charge in [0.15, 0.2) is 11.0 Å². The van der Waals surface area contributed by atoms with Crippen LogP contribution in [0.1, 0.15) is 30.0 Å². The van der Waals surface area contributed by atoms with E-state index in [2.05, 4.69) is 10.3 Å². The van der Waals surface area contributed by atoms with Crippen LogP contribution in [-0.2, 0) is 11.3 Å². The number of thioether (sulfide) groups is 1. The van der Waals surface area contributed by atoms with Crippen LogP contribution >= 0.6 is 11.8 Å². The summed E-state index contributed by atoms with van der Waals surface area (Å²) in [5.41, 5.74) is 2.07. The third-order valence-electron chi connectivity index (χ3n) is 3.74. The van der Waals surface area contributed by atoms with Crippen molar-refractivity contribution in [2.75, 3.05) is 17.6 Å². The lowest BCUT2D eigenvalue weighted by Crippen LogP contribution is -2.28. The fourth-order valence-electron chi connectivity index (χ4n) is 2.48. The number of ketones is 1. The van der Waals surface area contributed by atoms with E-state index < -0.39 is 0 Å². The van der Waals surface area contributed by atoms with Crippen molar-refractivity contribution >= 4 is 40.0 Å². The van der Waals surface area contributed by atoms with Crippen molar-refractivity contribution in [3.63, 3.8) is 0 Å². The van der Waals surface area contributed by atoms with E-state index in [1.807, 2.05) is 19.1 Å². The first-order valence-electron chi connectivity index (χ1n) is 8.01. The normalized spacial score (nSPS) is 15.8. The Kier molecular flexibility index (Phi) is 5.23. The second-order valence-electron chi connectivity index (χ2n) is 5.56. The van der Waals surface area contributed by atoms with Gasteiger partial charge in [-0.2, -0.15) is 0 Å². The summed E-state index contributed by atoms with van der Waals surface area (Å²) in [5, 5.41) is 3.85. The molecule has 3 rings (SSSR count). The van der Waals surface area contributed by atoms with Crippen LogP contribution in [0.4, 0.5) is 11.4 Å². The van der Waals surface area contributed by atoms with E-state index in [-0.39, 0.29) is 11.7 Å². The van der Waals surface area contributed by atoms with Gasteiger partial charge in [0.25, 0.3) is 0 Å². The number of nitrogens with zero attached hydrogens (tertiary/aromatic N) is 2. The van der Waals surface area contributed by atoms with E-state index in [9.17, 15) is 9.59 Å². The van der Waals surface area contributed by atoms with Gasteiger partial charge in [0.05, 0.1) is 29.9 Å². The molecule has 25 heavy (non-hydrogen) atoms. The highest BCUT2D eigenvalue weighted by Crippen LogP contribution is 2.31. The molecule has 0 atom stereocenters. The number of furan rings is 1. The summed E-state index contributed by atoms with van der Waals surface area (Å²) in [6.45, 7) is 4.60. The van der Waals surface area contributed by atoms with Gasteiger partial charge < -0.3 is 9.73 Å². The minimum Gasteiger partial charge on any atom is -0.467 e. The predicted molar refractivity (Wildman–Crippen MR) is 99.4 cm³/mol. The molecule has 1 N–H and O–H groups in total. The second kappa shape index (κ2) is 7.57. The molecule has 0 spiro atoms. The highest BCUT2D eigenvalue weighted by Gasteiger charge is 2.29. The molecule has 6 nitrogen and oxygen atoms in total. The lowest BCUT2D eigenvalue weighted by molar-refractivity contribution is -0.124. The number of benzene rings is 1. The summed E-state index contributed by atoms with van der Waals surface area (Å²) in [4.78, 5) is 30.2. The zero-order valence-corrected chi connectivity index (χ0v) is 14.9. The Bertz CT molecular complexity index is 815. The molecule has 1 aromatic carbocycles. The second-order valence-corrected chi connectivity index (χ2v) is 6.50. The number of hydrogen-bond donors (Lipinski definition) is 1. The van der Waals surface area contributed by atoms with Crippen molar-refractivity contribution in [3.8, 4) is 0 Å². The lowest BCUT2D eigenvalue weighted by atomic mass is 10.1. The number of carbonyl (C=O) groups is 2. The molecule has 0 radical (unpaired) electrons. The summed E-state index contributed by atoms with van der Waals surface area (Å²) in [6, 6.07) is 8.99. The van der Waals surface area contributed by atoms with Crippen LogP contribution in [0, 0.1) is 0 Å². The number of rotatable bonds is 6. The molecule has 1 aliphatic rings. The molecule has 1 aromatic heterocycles. The van der Waals surface area contributed by atoms with Gasteiger partial charge in [-0.1, -0.05) is 11.8 Å². The molecule has 1 aliphatic heterocycles. The molecule has 0 bridgehead atoms. The van der Waals surface area contributed by atoms with Gasteiger partial charge in [-0.15, -0.1) is 0 Å². The van der Waals surface area contributed by atoms with Gasteiger partial charge in [0.2, 0.25) is 5.91 Å². The summed E-state index contributed by atoms with van der Waals surface area (Å²) in [6.07, 6.45) is 1.58. The Balaban J connectivity index is 1.95. The van der Waals surface area contributed by atoms with E-state index in [1.165, 1.54) is 18.7 Å². The third-order valence-corrected chi connectivity index (χ3v) is 4.70. The first-order valence-corrected chi connectivity index (χ1v) is 9.00. The number of amidine groups is 1. The van der Waals surface area contributed by atoms with E-state index in [4.69, 9.17) is 4.42 Å². The average Bonchev–Trinajstić information content (AvgIpc) is 3.22. The van der Waals surface area contributed by atoms with Crippen LogP contribution in [0.2, 0.25) is 0 Å². The summed E-state index contributed by atoms with van der Waals surface area (Å²) >= 11 is 1.39. The van der Waals surface area contributed by atoms with E-state index in [0.29, 0.717) is 34.5 Å². The molecular weight excluding hydrogens is 338 g/mol. The zero-order chi connectivity index (χ0) is 17.8. The number of nitrogens with one attached hydrogen (secondary N) is 1. The maximum Gasteiger partial charge on any atom is 0.239 e. The van der Waals surface area contributed by atoms with Crippen molar-refractivity contribution in [1.82, 2.24) is 4.90 Å². The standard InChI is InChI=1S/C18H19N3O3S/c1-3-19-15-7-6-13(12(2)22)9-16(15)20-18-21(17(23)11-25-18)10-14-5-4-8-24-14/h4-9,19H,3,10-11H2,1-2H3. The Morgan fingerprint density at radius 2 is 2.24 bits per heavy atom. The number of hydrogen-bond acceptors (Lipinski definition) is 6. The van der Waals surface area contributed by atoms with E-state index >= 15 is 0 Å². The van der Waals surface area contributed by atoms with Crippen LogP contribution in [0.3, 0.4) is 0 Å². The van der Waals surface area contributed by atoms with Crippen LogP contribution in [0.15, 0.2) is 46.0 Å². The highest BCUT2D eigenvalue weighted by molar-refractivity contribution is 8.15. The molecule has 1 fully saturated rings. The summed E-state index contributed by atoms with van der Waals surface area (Å²) < 4.78 is 5.34. The topological polar surface area (TPSA) is 74.9 Å². The van der Waals surface area contributed by atoms with Crippen molar-refractivity contribution in [2.45, 2.75) is 20.4 Å². The van der Waals surface area contributed by atoms with Crippen molar-refractivity contribution in [3.05, 3.63) is 47.9 Å². The molecule has 1 amide bonds. The molecule has 130 valence electrons. The molecule has 7 heteroatoms. The maximum atomic E-state index is 12.2. The van der Waals surface area contributed by atoms with Gasteiger partial charge in [-0.25, -0.2) is 4.99 Å². The van der Waals surface area contributed by atoms with E-state index in [0.717, 1.165) is 12.2 Å². The molecule has 0 unspecified atom stereocenters. The Hall–Kier alpha value is -2.54. The van der Waals surface area contributed by atoms with E-state index in [1.54, 1.807) is 29.4 Å². The lowest BCUT2D eigenvalue weighted by Gasteiger charge is -2.15. The highest BCUT2D eigenvalue weighted by atomic mass is 32.2. The SMILES string of the molecule is CCNc1ccc(C(C)=O)cc1N=C1SCC(=O)N1Cc1ccco1. The fourth-order valence-corrected chi connectivity index (χ4v) is 3.38. The molecular formula is C18H19N3O3S.